The lowest BCUT2D eigenvalue weighted by Crippen LogP contribution is -2.25. The number of hydrogen-bond acceptors (Lipinski definition) is 6. The second-order valence-electron chi connectivity index (χ2n) is 7.40. The number of fused-ring (bicyclic) bond motifs is 2. The van der Waals surface area contributed by atoms with Gasteiger partial charge in [-0.1, -0.05) is 48.5 Å². The van der Waals surface area contributed by atoms with Crippen molar-refractivity contribution in [2.24, 2.45) is 0 Å². The van der Waals surface area contributed by atoms with Gasteiger partial charge in [-0.15, -0.1) is 10.2 Å². The van der Waals surface area contributed by atoms with E-state index in [0.29, 0.717) is 28.8 Å². The Bertz CT molecular complexity index is 1480. The quantitative estimate of drug-likeness (QED) is 0.444. The molecule has 0 atom stereocenters. The van der Waals surface area contributed by atoms with Gasteiger partial charge in [-0.2, -0.15) is 0 Å². The molecule has 0 saturated heterocycles. The van der Waals surface area contributed by atoms with E-state index in [4.69, 9.17) is 14.1 Å². The molecule has 0 unspecified atom stereocenters. The number of nitrogens with one attached hydrogen (secondary N) is 1. The Morgan fingerprint density at radius 3 is 2.53 bits per heavy atom. The topological polar surface area (TPSA) is 90.1 Å². The van der Waals surface area contributed by atoms with Gasteiger partial charge in [-0.05, 0) is 30.3 Å². The first-order chi connectivity index (χ1) is 15.7. The van der Waals surface area contributed by atoms with Crippen LogP contribution in [0.2, 0.25) is 0 Å². The molecule has 154 valence electrons. The number of carbonyl (C=O) groups is 1. The van der Waals surface area contributed by atoms with Crippen LogP contribution in [0.1, 0.15) is 0 Å². The van der Waals surface area contributed by atoms with Crippen LogP contribution < -0.4 is 10.1 Å². The monoisotopic (exact) mass is 420 g/mol. The molecule has 1 amide bonds. The summed E-state index contributed by atoms with van der Waals surface area (Å²) in [6, 6.07) is 25.2. The molecule has 3 aromatic carbocycles. The molecule has 0 saturated carbocycles. The van der Waals surface area contributed by atoms with E-state index in [2.05, 4.69) is 15.5 Å². The van der Waals surface area contributed by atoms with Crippen LogP contribution in [-0.4, -0.2) is 27.7 Å². The highest BCUT2D eigenvalue weighted by Gasteiger charge is 2.19. The van der Waals surface area contributed by atoms with Crippen molar-refractivity contribution in [1.29, 1.82) is 0 Å². The molecule has 1 aliphatic rings. The van der Waals surface area contributed by atoms with Crippen LogP contribution in [0.3, 0.4) is 0 Å². The number of anilines is 1. The molecular weight excluding hydrogens is 404 g/mol. The summed E-state index contributed by atoms with van der Waals surface area (Å²) in [6.45, 7) is -0.0171. The molecule has 0 bridgehead atoms. The molecule has 2 aromatic heterocycles. The van der Waals surface area contributed by atoms with Crippen molar-refractivity contribution < 1.29 is 13.9 Å². The van der Waals surface area contributed by atoms with Crippen LogP contribution in [0.5, 0.6) is 5.75 Å². The van der Waals surface area contributed by atoms with E-state index in [1.54, 1.807) is 12.1 Å². The fourth-order valence-electron chi connectivity index (χ4n) is 3.77. The van der Waals surface area contributed by atoms with Crippen molar-refractivity contribution in [2.75, 3.05) is 11.9 Å². The van der Waals surface area contributed by atoms with Gasteiger partial charge >= 0.3 is 0 Å². The summed E-state index contributed by atoms with van der Waals surface area (Å²) in [4.78, 5) is 16.3. The number of ether oxygens (including phenoxy) is 1. The molecule has 0 radical (unpaired) electrons. The molecule has 3 heterocycles. The van der Waals surface area contributed by atoms with Crippen LogP contribution in [0.15, 0.2) is 83.3 Å². The van der Waals surface area contributed by atoms with E-state index in [-0.39, 0.29) is 12.5 Å². The minimum absolute atomic E-state index is 0.0171. The van der Waals surface area contributed by atoms with Crippen LogP contribution in [0.4, 0.5) is 5.69 Å². The molecule has 0 fully saturated rings. The Morgan fingerprint density at radius 1 is 0.812 bits per heavy atom. The molecule has 32 heavy (non-hydrogen) atoms. The lowest BCUT2D eigenvalue weighted by molar-refractivity contribution is -0.118. The van der Waals surface area contributed by atoms with Crippen LogP contribution in [0.25, 0.3) is 45.1 Å². The second-order valence-corrected chi connectivity index (χ2v) is 7.40. The molecule has 1 aliphatic heterocycles. The first kappa shape index (κ1) is 18.3. The fraction of sp³-hybridized carbons (Fsp3) is 0.0400. The number of rotatable bonds is 3. The van der Waals surface area contributed by atoms with Crippen LogP contribution >= 0.6 is 0 Å². The molecule has 5 aromatic rings. The molecule has 7 heteroatoms. The number of para-hydroxylation sites is 1. The third-order valence-electron chi connectivity index (χ3n) is 5.30. The average molecular weight is 420 g/mol. The molecule has 7 nitrogen and oxygen atoms in total. The number of nitrogens with zero attached hydrogens (tertiary/aromatic N) is 3. The summed E-state index contributed by atoms with van der Waals surface area (Å²) < 4.78 is 11.6. The standard InChI is InChI=1S/C25H16N4O3/c30-23-14-31-22-12-16(10-11-20(22)27-23)24-28-29-25(32-24)18-13-21(15-6-2-1-3-7-15)26-19-9-5-4-8-17(18)19/h1-13H,14H2,(H,27,30). The van der Waals surface area contributed by atoms with E-state index in [1.807, 2.05) is 66.7 Å². The summed E-state index contributed by atoms with van der Waals surface area (Å²) in [5.41, 5.74) is 4.83. The third-order valence-corrected chi connectivity index (χ3v) is 5.30. The van der Waals surface area contributed by atoms with Crippen molar-refractivity contribution in [3.05, 3.63) is 78.9 Å². The first-order valence-corrected chi connectivity index (χ1v) is 10.1. The highest BCUT2D eigenvalue weighted by Crippen LogP contribution is 2.35. The number of pyridine rings is 1. The normalized spacial score (nSPS) is 12.8. The molecule has 0 aliphatic carbocycles. The lowest BCUT2D eigenvalue weighted by atomic mass is 10.0. The largest absolute Gasteiger partial charge is 0.482 e. The average Bonchev–Trinajstić information content (AvgIpc) is 3.34. The lowest BCUT2D eigenvalue weighted by Gasteiger charge is -2.17. The number of hydrogen-bond donors (Lipinski definition) is 1. The van der Waals surface area contributed by atoms with E-state index >= 15 is 0 Å². The maximum absolute atomic E-state index is 11.5. The zero-order valence-corrected chi connectivity index (χ0v) is 16.8. The Labute approximate surface area is 182 Å². The number of aromatic nitrogens is 3. The van der Waals surface area contributed by atoms with Crippen molar-refractivity contribution in [3.63, 3.8) is 0 Å². The highest BCUT2D eigenvalue weighted by molar-refractivity contribution is 5.96. The highest BCUT2D eigenvalue weighted by atomic mass is 16.5. The van der Waals surface area contributed by atoms with Crippen LogP contribution in [0, 0.1) is 0 Å². The third kappa shape index (κ3) is 3.16. The summed E-state index contributed by atoms with van der Waals surface area (Å²) in [6.07, 6.45) is 0. The van der Waals surface area contributed by atoms with Crippen molar-refractivity contribution in [1.82, 2.24) is 15.2 Å². The van der Waals surface area contributed by atoms with Crippen molar-refractivity contribution in [2.45, 2.75) is 0 Å². The van der Waals surface area contributed by atoms with Gasteiger partial charge in [0.2, 0.25) is 11.8 Å². The minimum atomic E-state index is -0.177. The van der Waals surface area contributed by atoms with Gasteiger partial charge in [0.25, 0.3) is 5.91 Å². The van der Waals surface area contributed by atoms with Gasteiger partial charge in [0, 0.05) is 16.5 Å². The second kappa shape index (κ2) is 7.31. The van der Waals surface area contributed by atoms with Crippen LogP contribution in [-0.2, 0) is 4.79 Å². The zero-order valence-electron chi connectivity index (χ0n) is 16.8. The summed E-state index contributed by atoms with van der Waals surface area (Å²) in [5, 5.41) is 12.3. The Morgan fingerprint density at radius 2 is 1.62 bits per heavy atom. The van der Waals surface area contributed by atoms with Gasteiger partial charge in [0.05, 0.1) is 22.5 Å². The van der Waals surface area contributed by atoms with E-state index in [9.17, 15) is 4.79 Å². The zero-order chi connectivity index (χ0) is 21.5. The number of carbonyl (C=O) groups excluding carboxylic acids is 1. The van der Waals surface area contributed by atoms with Gasteiger partial charge in [-0.3, -0.25) is 4.79 Å². The summed E-state index contributed by atoms with van der Waals surface area (Å²) >= 11 is 0. The maximum Gasteiger partial charge on any atom is 0.262 e. The van der Waals surface area contributed by atoms with E-state index < -0.39 is 0 Å². The number of benzene rings is 3. The van der Waals surface area contributed by atoms with E-state index in [1.165, 1.54) is 0 Å². The SMILES string of the molecule is O=C1COc2cc(-c3nnc(-c4cc(-c5ccccc5)nc5ccccc45)o3)ccc2N1. The van der Waals surface area contributed by atoms with Gasteiger partial charge in [0.15, 0.2) is 6.61 Å². The first-order valence-electron chi connectivity index (χ1n) is 10.1. The van der Waals surface area contributed by atoms with Gasteiger partial charge in [0.1, 0.15) is 5.75 Å². The predicted molar refractivity (Wildman–Crippen MR) is 120 cm³/mol. The summed E-state index contributed by atoms with van der Waals surface area (Å²) in [7, 11) is 0. The number of amides is 1. The Kier molecular flexibility index (Phi) is 4.18. The minimum Gasteiger partial charge on any atom is -0.482 e. The van der Waals surface area contributed by atoms with E-state index in [0.717, 1.165) is 27.7 Å². The molecule has 0 spiro atoms. The summed E-state index contributed by atoms with van der Waals surface area (Å²) in [5.74, 6) is 1.17. The fourth-order valence-corrected chi connectivity index (χ4v) is 3.77. The maximum atomic E-state index is 11.5. The molecular formula is C25H16N4O3. The van der Waals surface area contributed by atoms with Gasteiger partial charge < -0.3 is 14.5 Å². The van der Waals surface area contributed by atoms with Crippen molar-refractivity contribution in [3.8, 4) is 39.9 Å². The van der Waals surface area contributed by atoms with Crippen molar-refractivity contribution >= 4 is 22.5 Å². The Hall–Kier alpha value is -4.52. The molecule has 1 N–H and O–H groups in total. The molecule has 6 rings (SSSR count). The Balaban J connectivity index is 1.45. The van der Waals surface area contributed by atoms with Gasteiger partial charge in [-0.25, -0.2) is 4.98 Å². The smallest absolute Gasteiger partial charge is 0.262 e. The predicted octanol–water partition coefficient (Wildman–Crippen LogP) is 4.95.